The van der Waals surface area contributed by atoms with Crippen molar-refractivity contribution < 1.29 is 68.7 Å². The largest absolute Gasteiger partial charge is 0.418 e. The Morgan fingerprint density at radius 3 is 1.30 bits per heavy atom. The van der Waals surface area contributed by atoms with Crippen LogP contribution in [0.15, 0.2) is 152 Å². The first-order chi connectivity index (χ1) is 30.0. The van der Waals surface area contributed by atoms with Crippen LogP contribution >= 0.6 is 0 Å². The smallest absolute Gasteiger partial charge is 0.392 e. The van der Waals surface area contributed by atoms with Crippen molar-refractivity contribution in [3.05, 3.63) is 175 Å². The molecule has 0 spiro atoms. The Hall–Kier alpha value is -4.64. The molecule has 0 saturated heterocycles. The Balaban J connectivity index is 0.000000305. The van der Waals surface area contributed by atoms with Gasteiger partial charge in [-0.1, -0.05) is 126 Å². The molecule has 0 aliphatic rings. The summed E-state index contributed by atoms with van der Waals surface area (Å²) in [4.78, 5) is 8.90. The molecule has 3 atom stereocenters. The number of benzene rings is 4. The van der Waals surface area contributed by atoms with Crippen LogP contribution in [0.5, 0.6) is 0 Å². The molecule has 0 fully saturated rings. The van der Waals surface area contributed by atoms with Crippen molar-refractivity contribution in [2.24, 2.45) is 10.8 Å². The Morgan fingerprint density at radius 2 is 0.985 bits per heavy atom. The third-order valence-electron chi connectivity index (χ3n) is 10.3. The molecule has 7 aromatic rings. The molecule has 12 heteroatoms. The van der Waals surface area contributed by atoms with E-state index in [0.717, 1.165) is 27.2 Å². The zero-order valence-corrected chi connectivity index (χ0v) is 43.7. The van der Waals surface area contributed by atoms with E-state index in [1.165, 1.54) is 51.8 Å². The molecule has 3 N–H and O–H groups in total. The number of pyridine rings is 2. The van der Waals surface area contributed by atoms with Crippen LogP contribution in [0.1, 0.15) is 66.0 Å². The van der Waals surface area contributed by atoms with E-state index in [1.54, 1.807) is 0 Å². The van der Waals surface area contributed by atoms with Crippen LogP contribution in [0.4, 0.5) is 13.2 Å². The summed E-state index contributed by atoms with van der Waals surface area (Å²) in [5.41, 5.74) is 8.10. The second-order valence-electron chi connectivity index (χ2n) is 18.1. The first kappa shape index (κ1) is 57.5. The molecule has 3 heterocycles. The van der Waals surface area contributed by atoms with E-state index in [1.807, 2.05) is 104 Å². The Bertz CT molecular complexity index is 2280. The fourth-order valence-corrected chi connectivity index (χ4v) is 5.82. The number of hydrogen-bond acceptors (Lipinski definition) is 6. The van der Waals surface area contributed by atoms with E-state index in [-0.39, 0.29) is 51.0 Å². The molecule has 0 aliphatic heterocycles. The average Bonchev–Trinajstić information content (AvgIpc) is 3.77. The summed E-state index contributed by atoms with van der Waals surface area (Å²) in [5, 5.41) is 32.1. The fraction of sp³-hybridized carbons (Fsp3) is 0.315. The minimum atomic E-state index is -4.64. The monoisotopic (exact) mass is 1260 g/mol. The van der Waals surface area contributed by atoms with Gasteiger partial charge in [0.05, 0.1) is 18.8 Å². The van der Waals surface area contributed by atoms with Gasteiger partial charge >= 0.3 is 6.18 Å². The first-order valence-corrected chi connectivity index (χ1v) is 21.2. The Labute approximate surface area is 416 Å². The van der Waals surface area contributed by atoms with Crippen molar-refractivity contribution in [1.29, 1.82) is 0 Å². The quantitative estimate of drug-likeness (QED) is 0.131. The van der Waals surface area contributed by atoms with Gasteiger partial charge in [0.25, 0.3) is 0 Å². The van der Waals surface area contributed by atoms with E-state index in [4.69, 9.17) is 5.11 Å². The predicted octanol–water partition coefficient (Wildman–Crippen LogP) is 12.4. The molecule has 4 aromatic carbocycles. The summed E-state index contributed by atoms with van der Waals surface area (Å²) in [6.45, 7) is 16.1. The minimum Gasteiger partial charge on any atom is -0.392 e. The number of aliphatic hydroxyl groups excluding tert-OH is 2. The van der Waals surface area contributed by atoms with E-state index in [0.29, 0.717) is 13.3 Å². The van der Waals surface area contributed by atoms with Gasteiger partial charge in [-0.15, -0.1) is 70.8 Å². The van der Waals surface area contributed by atoms with Crippen molar-refractivity contribution >= 4 is 0 Å². The van der Waals surface area contributed by atoms with Crippen LogP contribution in [0.25, 0.3) is 44.8 Å². The predicted molar refractivity (Wildman–Crippen MR) is 252 cm³/mol. The molecule has 3 aromatic heterocycles. The fourth-order valence-electron chi connectivity index (χ4n) is 5.82. The number of aryl methyl sites for hydroxylation is 2. The second-order valence-corrected chi connectivity index (χ2v) is 18.1. The number of aromatic nitrogens is 4. The van der Waals surface area contributed by atoms with E-state index >= 15 is 0 Å². The molecule has 66 heavy (non-hydrogen) atoms. The van der Waals surface area contributed by atoms with Gasteiger partial charge in [-0.25, -0.2) is 0 Å². The SMILES string of the molecule is CC(C)(C)C(O)CC(O)C(C)(C)C.CC(O)(Cn1cccn1)C(F)(F)F.Cc1ccc(-c2[c-]ccc(-c3ccccc3)c2)nc1.Cc1ccc(-c2[c-]ccc(-c3ccccc3)c2)nc1.[Ir].[Ir]. The Morgan fingerprint density at radius 1 is 0.576 bits per heavy atom. The third-order valence-corrected chi connectivity index (χ3v) is 10.3. The number of alkyl halides is 3. The molecule has 2 radical (unpaired) electrons. The molecule has 0 amide bonds. The molecule has 356 valence electrons. The van der Waals surface area contributed by atoms with Gasteiger partial charge in [-0.2, -0.15) is 18.3 Å². The maximum absolute atomic E-state index is 12.1. The number of aliphatic hydroxyl groups is 3. The minimum absolute atomic E-state index is 0. The normalized spacial score (nSPS) is 13.0. The summed E-state index contributed by atoms with van der Waals surface area (Å²) < 4.78 is 37.4. The van der Waals surface area contributed by atoms with Gasteiger partial charge in [0.2, 0.25) is 0 Å². The van der Waals surface area contributed by atoms with Crippen LogP contribution in [-0.4, -0.2) is 59.1 Å². The topological polar surface area (TPSA) is 104 Å². The summed E-state index contributed by atoms with van der Waals surface area (Å²) in [7, 11) is 0. The van der Waals surface area contributed by atoms with Crippen LogP contribution in [0, 0.1) is 36.8 Å². The maximum atomic E-state index is 12.1. The number of nitrogens with zero attached hydrogens (tertiary/aromatic N) is 4. The van der Waals surface area contributed by atoms with Crippen molar-refractivity contribution in [3.8, 4) is 44.8 Å². The Kier molecular flexibility index (Phi) is 22.7. The van der Waals surface area contributed by atoms with Crippen molar-refractivity contribution in [2.75, 3.05) is 0 Å². The first-order valence-electron chi connectivity index (χ1n) is 21.2. The van der Waals surface area contributed by atoms with E-state index in [9.17, 15) is 23.4 Å². The summed E-state index contributed by atoms with van der Waals surface area (Å²) in [6.07, 6.45) is 1.42. The molecule has 0 saturated carbocycles. The zero-order valence-electron chi connectivity index (χ0n) is 38.9. The van der Waals surface area contributed by atoms with Gasteiger partial charge in [0.1, 0.15) is 0 Å². The van der Waals surface area contributed by atoms with E-state index < -0.39 is 30.5 Å². The average molecular weight is 1260 g/mol. The number of hydrogen-bond donors (Lipinski definition) is 3. The van der Waals surface area contributed by atoms with Crippen molar-refractivity contribution in [1.82, 2.24) is 19.7 Å². The molecule has 3 unspecified atom stereocenters. The van der Waals surface area contributed by atoms with Gasteiger partial charge in [0, 0.05) is 71.4 Å². The van der Waals surface area contributed by atoms with Crippen molar-refractivity contribution in [2.45, 2.75) is 99.3 Å². The van der Waals surface area contributed by atoms with Crippen molar-refractivity contribution in [3.63, 3.8) is 0 Å². The maximum Gasteiger partial charge on any atom is 0.418 e. The van der Waals surface area contributed by atoms with Crippen LogP contribution in [0.2, 0.25) is 0 Å². The van der Waals surface area contributed by atoms with E-state index in [2.05, 4.69) is 112 Å². The summed E-state index contributed by atoms with van der Waals surface area (Å²) in [6, 6.07) is 49.3. The molecule has 7 nitrogen and oxygen atoms in total. The van der Waals surface area contributed by atoms with Gasteiger partial charge in [-0.3, -0.25) is 4.68 Å². The van der Waals surface area contributed by atoms with Gasteiger partial charge in [0.15, 0.2) is 5.60 Å². The zero-order chi connectivity index (χ0) is 47.1. The number of halogens is 3. The molecular formula is C54H61F3Ir2N4O3-2. The molecular weight excluding hydrogens is 1190 g/mol. The molecule has 0 bridgehead atoms. The molecule has 7 rings (SSSR count). The summed E-state index contributed by atoms with van der Waals surface area (Å²) in [5.74, 6) is 0. The van der Waals surface area contributed by atoms with Crippen LogP contribution < -0.4 is 0 Å². The number of rotatable bonds is 8. The standard InChI is InChI=1S/2C18H14N.C11H24O2.C7H9F3N2O.2Ir/c2*1-14-10-11-18(19-13-14)17-9-5-8-16(12-17)15-6-3-2-4-7-15;1-10(2,3)8(12)7-9(13)11(4,5)6;1-6(13,7(8,9)10)5-12-4-2-3-11-12;;/h2*2-8,10-13H,1H3;8-9,12-13H,7H2,1-6H3;2-4,13H,5H2,1H3;;/q2*-1;;;;. The second kappa shape index (κ2) is 26.0. The van der Waals surface area contributed by atoms with Crippen LogP contribution in [0.3, 0.4) is 0 Å². The summed E-state index contributed by atoms with van der Waals surface area (Å²) >= 11 is 0. The van der Waals surface area contributed by atoms with Crippen LogP contribution in [-0.2, 0) is 46.8 Å². The third kappa shape index (κ3) is 18.6. The van der Waals surface area contributed by atoms with Gasteiger partial charge in [-0.05, 0) is 71.3 Å². The van der Waals surface area contributed by atoms with Gasteiger partial charge < -0.3 is 25.3 Å². The molecule has 0 aliphatic carbocycles.